The number of hydrogen-bond acceptors (Lipinski definition) is 4. The summed E-state index contributed by atoms with van der Waals surface area (Å²) in [7, 11) is 0. The number of carbonyl (C=O) groups is 1. The van der Waals surface area contributed by atoms with Gasteiger partial charge in [0.2, 0.25) is 0 Å². The van der Waals surface area contributed by atoms with Crippen molar-refractivity contribution in [2.75, 3.05) is 11.9 Å². The molecule has 1 heterocycles. The molecule has 0 atom stereocenters. The van der Waals surface area contributed by atoms with Gasteiger partial charge >= 0.3 is 0 Å². The maximum Gasteiger partial charge on any atom is 0.267 e. The summed E-state index contributed by atoms with van der Waals surface area (Å²) in [5.74, 6) is 4.91. The number of thiophene rings is 1. The van der Waals surface area contributed by atoms with E-state index in [0.29, 0.717) is 21.7 Å². The predicted octanol–water partition coefficient (Wildman–Crippen LogP) is 2.98. The van der Waals surface area contributed by atoms with E-state index in [9.17, 15) is 4.79 Å². The van der Waals surface area contributed by atoms with Crippen molar-refractivity contribution in [3.8, 4) is 17.9 Å². The van der Waals surface area contributed by atoms with Gasteiger partial charge in [0.15, 0.2) is 0 Å². The number of anilines is 1. The Labute approximate surface area is 134 Å². The third-order valence-corrected chi connectivity index (χ3v) is 3.93. The van der Waals surface area contributed by atoms with Gasteiger partial charge in [0.05, 0.1) is 11.3 Å². The van der Waals surface area contributed by atoms with Crippen LogP contribution in [-0.4, -0.2) is 17.6 Å². The summed E-state index contributed by atoms with van der Waals surface area (Å²) in [5, 5.41) is 22.3. The van der Waals surface area contributed by atoms with E-state index in [-0.39, 0.29) is 12.5 Å². The molecule has 0 aliphatic rings. The number of rotatable bonds is 2. The van der Waals surface area contributed by atoms with E-state index in [4.69, 9.17) is 10.4 Å². The molecular formula is C15H9BrN2O2S. The van der Waals surface area contributed by atoms with E-state index in [1.165, 1.54) is 11.3 Å². The van der Waals surface area contributed by atoms with Crippen LogP contribution in [0.5, 0.6) is 0 Å². The molecule has 104 valence electrons. The van der Waals surface area contributed by atoms with Crippen LogP contribution in [0.15, 0.2) is 34.1 Å². The molecule has 0 saturated carbocycles. The molecular weight excluding hydrogens is 352 g/mol. The fraction of sp³-hybridized carbons (Fsp3) is 0.0667. The zero-order chi connectivity index (χ0) is 15.2. The Balaban J connectivity index is 2.27. The Bertz CT molecular complexity index is 781. The van der Waals surface area contributed by atoms with Gasteiger partial charge in [-0.3, -0.25) is 4.79 Å². The number of nitrogens with zero attached hydrogens (tertiary/aromatic N) is 1. The van der Waals surface area contributed by atoms with Crippen LogP contribution < -0.4 is 5.32 Å². The molecule has 0 unspecified atom stereocenters. The molecule has 0 spiro atoms. The summed E-state index contributed by atoms with van der Waals surface area (Å²) in [5.41, 5.74) is 1.37. The van der Waals surface area contributed by atoms with Crippen LogP contribution >= 0.6 is 27.3 Å². The second-order valence-electron chi connectivity index (χ2n) is 3.88. The summed E-state index contributed by atoms with van der Waals surface area (Å²) >= 11 is 4.53. The number of halogens is 1. The Morgan fingerprint density at radius 3 is 2.90 bits per heavy atom. The van der Waals surface area contributed by atoms with Crippen molar-refractivity contribution in [1.82, 2.24) is 0 Å². The second kappa shape index (κ2) is 7.05. The van der Waals surface area contributed by atoms with E-state index in [2.05, 4.69) is 33.1 Å². The molecule has 2 N–H and O–H groups in total. The lowest BCUT2D eigenvalue weighted by atomic mass is 10.2. The van der Waals surface area contributed by atoms with E-state index in [1.807, 2.05) is 6.07 Å². The highest BCUT2D eigenvalue weighted by Gasteiger charge is 2.14. The van der Waals surface area contributed by atoms with Gasteiger partial charge in [-0.15, -0.1) is 11.3 Å². The molecule has 1 amide bonds. The summed E-state index contributed by atoms with van der Waals surface area (Å²) < 4.78 is 0.766. The van der Waals surface area contributed by atoms with E-state index in [0.717, 1.165) is 4.47 Å². The van der Waals surface area contributed by atoms with Crippen molar-refractivity contribution in [1.29, 1.82) is 5.26 Å². The first-order valence-electron chi connectivity index (χ1n) is 5.84. The Morgan fingerprint density at radius 1 is 1.38 bits per heavy atom. The normalized spacial score (nSPS) is 9.38. The Morgan fingerprint density at radius 2 is 2.19 bits per heavy atom. The zero-order valence-corrected chi connectivity index (χ0v) is 13.1. The van der Waals surface area contributed by atoms with Crippen molar-refractivity contribution >= 4 is 38.9 Å². The van der Waals surface area contributed by atoms with Gasteiger partial charge in [-0.2, -0.15) is 5.26 Å². The van der Waals surface area contributed by atoms with Crippen LogP contribution in [0.2, 0.25) is 0 Å². The van der Waals surface area contributed by atoms with Gasteiger partial charge in [-0.1, -0.05) is 27.8 Å². The predicted molar refractivity (Wildman–Crippen MR) is 85.1 cm³/mol. The fourth-order valence-corrected chi connectivity index (χ4v) is 2.72. The summed E-state index contributed by atoms with van der Waals surface area (Å²) in [6.45, 7) is -0.262. The van der Waals surface area contributed by atoms with Crippen molar-refractivity contribution in [2.24, 2.45) is 0 Å². The first kappa shape index (κ1) is 15.3. The van der Waals surface area contributed by atoms with Crippen LogP contribution in [-0.2, 0) is 0 Å². The first-order chi connectivity index (χ1) is 10.2. The highest BCUT2D eigenvalue weighted by atomic mass is 79.9. The van der Waals surface area contributed by atoms with Crippen molar-refractivity contribution in [3.05, 3.63) is 50.1 Å². The van der Waals surface area contributed by atoms with E-state index < -0.39 is 0 Å². The number of hydrogen-bond donors (Lipinski definition) is 2. The first-order valence-corrected chi connectivity index (χ1v) is 7.51. The molecule has 1 aromatic heterocycles. The minimum atomic E-state index is -0.328. The second-order valence-corrected chi connectivity index (χ2v) is 5.71. The summed E-state index contributed by atoms with van der Waals surface area (Å²) in [6, 6.07) is 8.79. The molecule has 21 heavy (non-hydrogen) atoms. The average Bonchev–Trinajstić information content (AvgIpc) is 2.95. The lowest BCUT2D eigenvalue weighted by Gasteiger charge is -2.06. The molecule has 0 aliphatic heterocycles. The van der Waals surface area contributed by atoms with Crippen LogP contribution in [0.1, 0.15) is 20.8 Å². The summed E-state index contributed by atoms with van der Waals surface area (Å²) in [4.78, 5) is 12.7. The number of amides is 1. The number of carbonyl (C=O) groups excluding carboxylic acids is 1. The fourth-order valence-electron chi connectivity index (χ4n) is 1.62. The number of benzene rings is 1. The van der Waals surface area contributed by atoms with Gasteiger partial charge < -0.3 is 10.4 Å². The monoisotopic (exact) mass is 360 g/mol. The smallest absolute Gasteiger partial charge is 0.267 e. The van der Waals surface area contributed by atoms with Gasteiger partial charge in [-0.05, 0) is 29.6 Å². The molecule has 0 bridgehead atoms. The minimum Gasteiger partial charge on any atom is -0.384 e. The van der Waals surface area contributed by atoms with E-state index >= 15 is 0 Å². The Hall–Kier alpha value is -2.12. The van der Waals surface area contributed by atoms with Crippen molar-refractivity contribution in [3.63, 3.8) is 0 Å². The highest BCUT2D eigenvalue weighted by molar-refractivity contribution is 9.10. The maximum absolute atomic E-state index is 12.3. The molecule has 0 saturated heterocycles. The Kier molecular flexibility index (Phi) is 5.13. The number of aliphatic hydroxyl groups excluding tert-OH is 1. The number of aliphatic hydroxyl groups is 1. The SMILES string of the molecule is N#Cc1cc(Br)ccc1NC(=O)c1sccc1C#CCO. The quantitative estimate of drug-likeness (QED) is 0.808. The van der Waals surface area contributed by atoms with Crippen LogP contribution in [0, 0.1) is 23.2 Å². The topological polar surface area (TPSA) is 73.1 Å². The number of nitriles is 1. The molecule has 0 fully saturated rings. The van der Waals surface area contributed by atoms with Crippen molar-refractivity contribution in [2.45, 2.75) is 0 Å². The van der Waals surface area contributed by atoms with E-state index in [1.54, 1.807) is 29.6 Å². The molecule has 4 nitrogen and oxygen atoms in total. The molecule has 6 heteroatoms. The highest BCUT2D eigenvalue weighted by Crippen LogP contribution is 2.23. The third kappa shape index (κ3) is 3.71. The van der Waals surface area contributed by atoms with Gasteiger partial charge in [-0.25, -0.2) is 0 Å². The van der Waals surface area contributed by atoms with Gasteiger partial charge in [0.1, 0.15) is 17.6 Å². The third-order valence-electron chi connectivity index (χ3n) is 2.52. The largest absolute Gasteiger partial charge is 0.384 e. The minimum absolute atomic E-state index is 0.262. The lowest BCUT2D eigenvalue weighted by molar-refractivity contribution is 0.103. The van der Waals surface area contributed by atoms with Crippen LogP contribution in [0.4, 0.5) is 5.69 Å². The lowest BCUT2D eigenvalue weighted by Crippen LogP contribution is -2.12. The average molecular weight is 361 g/mol. The van der Waals surface area contributed by atoms with Crippen LogP contribution in [0.25, 0.3) is 0 Å². The standard InChI is InChI=1S/C15H9BrN2O2S/c16-12-3-4-13(11(8-12)9-17)18-15(20)14-10(2-1-6-19)5-7-21-14/h3-5,7-8,19H,6H2,(H,18,20). The molecule has 2 rings (SSSR count). The van der Waals surface area contributed by atoms with Gasteiger partial charge in [0, 0.05) is 10.0 Å². The summed E-state index contributed by atoms with van der Waals surface area (Å²) in [6.07, 6.45) is 0. The zero-order valence-electron chi connectivity index (χ0n) is 10.7. The maximum atomic E-state index is 12.3. The molecule has 1 aromatic carbocycles. The molecule has 2 aromatic rings. The van der Waals surface area contributed by atoms with Crippen molar-refractivity contribution < 1.29 is 9.90 Å². The van der Waals surface area contributed by atoms with Gasteiger partial charge in [0.25, 0.3) is 5.91 Å². The van der Waals surface area contributed by atoms with Crippen LogP contribution in [0.3, 0.4) is 0 Å². The molecule has 0 radical (unpaired) electrons. The number of nitrogens with one attached hydrogen (secondary N) is 1. The molecule has 0 aliphatic carbocycles.